The Labute approximate surface area is 170 Å². The average molecular weight is 407 g/mol. The van der Waals surface area contributed by atoms with Crippen LogP contribution in [0.5, 0.6) is 0 Å². The molecule has 0 aliphatic heterocycles. The summed E-state index contributed by atoms with van der Waals surface area (Å²) in [6.07, 6.45) is 2.75. The van der Waals surface area contributed by atoms with E-state index in [0.717, 1.165) is 31.2 Å². The van der Waals surface area contributed by atoms with Gasteiger partial charge in [-0.2, -0.15) is 0 Å². The number of allylic oxidation sites excluding steroid dienone is 1. The van der Waals surface area contributed by atoms with Crippen molar-refractivity contribution in [3.63, 3.8) is 0 Å². The number of nitrogens with zero attached hydrogens (tertiary/aromatic N) is 2. The molecule has 0 fully saturated rings. The maximum atomic E-state index is 13.2. The molecule has 0 unspecified atom stereocenters. The van der Waals surface area contributed by atoms with Gasteiger partial charge in [-0.15, -0.1) is 24.0 Å². The van der Waals surface area contributed by atoms with Gasteiger partial charge in [0.05, 0.1) is 20.3 Å². The summed E-state index contributed by atoms with van der Waals surface area (Å²) in [5.41, 5.74) is 10.3. The van der Waals surface area contributed by atoms with Crippen molar-refractivity contribution in [2.24, 2.45) is 5.73 Å². The monoisotopic (exact) mass is 406 g/mol. The van der Waals surface area contributed by atoms with Crippen LogP contribution < -0.4 is 5.73 Å². The first-order valence-electron chi connectivity index (χ1n) is 8.37. The highest BCUT2D eigenvalue weighted by atomic mass is 32.2. The summed E-state index contributed by atoms with van der Waals surface area (Å²) in [5.74, 6) is -0.333. The Morgan fingerprint density at radius 2 is 1.79 bits per heavy atom. The third-order valence-corrected chi connectivity index (χ3v) is 5.68. The molecule has 0 bridgehead atoms. The summed E-state index contributed by atoms with van der Waals surface area (Å²) < 4.78 is 14.1. The highest BCUT2D eigenvalue weighted by Crippen LogP contribution is 2.34. The lowest BCUT2D eigenvalue weighted by molar-refractivity contribution is 0.627. The molecule has 0 spiro atoms. The molecule has 0 aliphatic carbocycles. The molecule has 0 saturated heterocycles. The molecule has 0 radical (unpaired) electrons. The maximum absolute atomic E-state index is 13.2. The van der Waals surface area contributed by atoms with Gasteiger partial charge in [0.2, 0.25) is 0 Å². The van der Waals surface area contributed by atoms with Crippen LogP contribution in [0.15, 0.2) is 65.1 Å². The molecule has 2 aromatic carbocycles. The zero-order valence-corrected chi connectivity index (χ0v) is 16.3. The predicted octanol–water partition coefficient (Wildman–Crippen LogP) is 5.26. The minimum Gasteiger partial charge on any atom is -0.398 e. The van der Waals surface area contributed by atoms with E-state index in [1.165, 1.54) is 36.0 Å². The van der Waals surface area contributed by atoms with Gasteiger partial charge >= 0.3 is 0 Å². The number of aromatic nitrogens is 2. The Kier molecular flexibility index (Phi) is 4.93. The first-order valence-corrected chi connectivity index (χ1v) is 9.63. The van der Waals surface area contributed by atoms with E-state index in [9.17, 15) is 4.39 Å². The molecule has 28 heavy (non-hydrogen) atoms. The first kappa shape index (κ1) is 18.3. The summed E-state index contributed by atoms with van der Waals surface area (Å²) in [5, 5.41) is 8.73. The molecule has 0 aliphatic rings. The van der Waals surface area contributed by atoms with E-state index < -0.39 is 0 Å². The number of hydrogen-bond acceptors (Lipinski definition) is 6. The van der Waals surface area contributed by atoms with Gasteiger partial charge in [-0.05, 0) is 59.7 Å². The smallest absolute Gasteiger partial charge is 0.123 e. The second kappa shape index (κ2) is 7.53. The van der Waals surface area contributed by atoms with Gasteiger partial charge in [-0.3, -0.25) is 0 Å². The standard InChI is InChI=1S/C21H15FN4S2/c22-14-4-1-12(2-5-14)20(24)16(10-23)13-3-6-17-15(9-13)21(26-11-25-17)18-7-8-19(27)28-18/h1-11,23,27H,24H2. The zero-order chi connectivity index (χ0) is 19.7. The molecular weight excluding hydrogens is 391 g/mol. The number of nitrogens with one attached hydrogen (secondary N) is 1. The van der Waals surface area contributed by atoms with Gasteiger partial charge in [-0.1, -0.05) is 6.07 Å². The number of benzene rings is 2. The molecule has 138 valence electrons. The van der Waals surface area contributed by atoms with Crippen LogP contribution in [-0.2, 0) is 0 Å². The number of nitrogens with two attached hydrogens (primary N) is 1. The summed E-state index contributed by atoms with van der Waals surface area (Å²) >= 11 is 5.92. The van der Waals surface area contributed by atoms with Gasteiger partial charge in [0.25, 0.3) is 0 Å². The highest BCUT2D eigenvalue weighted by molar-refractivity contribution is 7.83. The fourth-order valence-corrected chi connectivity index (χ4v) is 4.10. The molecule has 4 nitrogen and oxygen atoms in total. The number of thiol groups is 1. The van der Waals surface area contributed by atoms with E-state index in [2.05, 4.69) is 22.6 Å². The van der Waals surface area contributed by atoms with Gasteiger partial charge in [0.1, 0.15) is 12.1 Å². The third kappa shape index (κ3) is 3.42. The molecule has 7 heteroatoms. The molecule has 3 N–H and O–H groups in total. The number of hydrogen-bond donors (Lipinski definition) is 3. The highest BCUT2D eigenvalue weighted by Gasteiger charge is 2.12. The quantitative estimate of drug-likeness (QED) is 0.246. The lowest BCUT2D eigenvalue weighted by Gasteiger charge is -2.10. The van der Waals surface area contributed by atoms with Crippen molar-refractivity contribution in [1.82, 2.24) is 9.97 Å². The zero-order valence-electron chi connectivity index (χ0n) is 14.6. The molecule has 0 amide bonds. The number of thiophene rings is 1. The molecule has 0 saturated carbocycles. The number of rotatable bonds is 4. The van der Waals surface area contributed by atoms with E-state index in [1.807, 2.05) is 30.3 Å². The van der Waals surface area contributed by atoms with Crippen molar-refractivity contribution in [3.05, 3.63) is 77.9 Å². The van der Waals surface area contributed by atoms with Crippen LogP contribution in [-0.4, -0.2) is 16.2 Å². The molecule has 4 rings (SSSR count). The Morgan fingerprint density at radius 1 is 1.04 bits per heavy atom. The Hall–Kier alpha value is -3.03. The number of halogens is 1. The Bertz CT molecular complexity index is 1210. The van der Waals surface area contributed by atoms with E-state index in [1.54, 1.807) is 12.1 Å². The van der Waals surface area contributed by atoms with Crippen molar-refractivity contribution in [2.75, 3.05) is 0 Å². The Balaban J connectivity index is 1.89. The van der Waals surface area contributed by atoms with Gasteiger partial charge in [0, 0.05) is 22.9 Å². The van der Waals surface area contributed by atoms with Crippen LogP contribution in [0.1, 0.15) is 11.1 Å². The molecule has 2 heterocycles. The van der Waals surface area contributed by atoms with Crippen molar-refractivity contribution in [2.45, 2.75) is 4.21 Å². The molecule has 4 aromatic rings. The van der Waals surface area contributed by atoms with E-state index in [0.29, 0.717) is 16.8 Å². The summed E-state index contributed by atoms with van der Waals surface area (Å²) in [4.78, 5) is 9.78. The van der Waals surface area contributed by atoms with E-state index >= 15 is 0 Å². The molecule has 2 aromatic heterocycles. The van der Waals surface area contributed by atoms with Crippen molar-refractivity contribution < 1.29 is 4.39 Å². The van der Waals surface area contributed by atoms with Crippen LogP contribution in [0.3, 0.4) is 0 Å². The normalized spacial score (nSPS) is 12.1. The lowest BCUT2D eigenvalue weighted by atomic mass is 9.98. The molecular formula is C21H15FN4S2. The largest absolute Gasteiger partial charge is 0.398 e. The van der Waals surface area contributed by atoms with E-state index in [-0.39, 0.29) is 5.82 Å². The van der Waals surface area contributed by atoms with Crippen molar-refractivity contribution >= 4 is 52.4 Å². The van der Waals surface area contributed by atoms with Crippen LogP contribution >= 0.6 is 24.0 Å². The fourth-order valence-electron chi connectivity index (χ4n) is 2.98. The summed E-state index contributed by atoms with van der Waals surface area (Å²) in [6.45, 7) is 0. The van der Waals surface area contributed by atoms with Gasteiger partial charge in [-0.25, -0.2) is 14.4 Å². The van der Waals surface area contributed by atoms with Gasteiger partial charge in [0.15, 0.2) is 0 Å². The minimum atomic E-state index is -0.333. The lowest BCUT2D eigenvalue weighted by Crippen LogP contribution is -2.03. The predicted molar refractivity (Wildman–Crippen MR) is 116 cm³/mol. The topological polar surface area (TPSA) is 75.7 Å². The van der Waals surface area contributed by atoms with Crippen LogP contribution in [0.4, 0.5) is 4.39 Å². The summed E-state index contributed by atoms with van der Waals surface area (Å²) in [6, 6.07) is 15.5. The van der Waals surface area contributed by atoms with Crippen LogP contribution in [0.25, 0.3) is 32.7 Å². The summed E-state index contributed by atoms with van der Waals surface area (Å²) in [7, 11) is 0. The van der Waals surface area contributed by atoms with Crippen LogP contribution in [0.2, 0.25) is 0 Å². The molecule has 0 atom stereocenters. The van der Waals surface area contributed by atoms with Crippen molar-refractivity contribution in [1.29, 1.82) is 5.41 Å². The second-order valence-corrected chi connectivity index (χ2v) is 7.94. The fraction of sp³-hybridized carbons (Fsp3) is 0. The third-order valence-electron chi connectivity index (χ3n) is 4.36. The number of fused-ring (bicyclic) bond motifs is 1. The van der Waals surface area contributed by atoms with E-state index in [4.69, 9.17) is 11.1 Å². The van der Waals surface area contributed by atoms with Gasteiger partial charge < -0.3 is 11.1 Å². The Morgan fingerprint density at radius 3 is 2.46 bits per heavy atom. The van der Waals surface area contributed by atoms with Crippen molar-refractivity contribution in [3.8, 4) is 10.6 Å². The van der Waals surface area contributed by atoms with Crippen LogP contribution in [0, 0.1) is 11.2 Å². The maximum Gasteiger partial charge on any atom is 0.123 e. The average Bonchev–Trinajstić information content (AvgIpc) is 3.14. The second-order valence-electron chi connectivity index (χ2n) is 6.07. The SMILES string of the molecule is N=CC(=C(N)c1ccc(F)cc1)c1ccc2ncnc(-c3ccc(S)s3)c2c1. The minimum absolute atomic E-state index is 0.333. The first-order chi connectivity index (χ1) is 13.6.